The number of nitrogens with one attached hydrogen (secondary N) is 2. The predicted octanol–water partition coefficient (Wildman–Crippen LogP) is 2.81. The largest absolute Gasteiger partial charge is 0.352 e. The Bertz CT molecular complexity index is 657. The molecule has 0 aliphatic carbocycles. The SMILES string of the molecule is CC(CC(=O)NCc1ccc(Cn2cncn2)cc1)C1CCCNC1.Cl.Cl. The van der Waals surface area contributed by atoms with Crippen molar-refractivity contribution >= 4 is 30.7 Å². The van der Waals surface area contributed by atoms with Crippen molar-refractivity contribution < 1.29 is 4.79 Å². The van der Waals surface area contributed by atoms with Gasteiger partial charge in [-0.2, -0.15) is 5.10 Å². The summed E-state index contributed by atoms with van der Waals surface area (Å²) in [7, 11) is 0. The van der Waals surface area contributed by atoms with Gasteiger partial charge in [0.05, 0.1) is 6.54 Å². The number of hydrogen-bond acceptors (Lipinski definition) is 4. The zero-order valence-corrected chi connectivity index (χ0v) is 17.3. The van der Waals surface area contributed by atoms with Crippen molar-refractivity contribution in [3.8, 4) is 0 Å². The third-order valence-electron chi connectivity index (χ3n) is 4.97. The molecule has 1 aromatic carbocycles. The van der Waals surface area contributed by atoms with Crippen molar-refractivity contribution in [2.24, 2.45) is 11.8 Å². The predicted molar refractivity (Wildman–Crippen MR) is 111 cm³/mol. The van der Waals surface area contributed by atoms with Gasteiger partial charge in [0.15, 0.2) is 0 Å². The molecule has 3 rings (SSSR count). The van der Waals surface area contributed by atoms with Crippen LogP contribution < -0.4 is 10.6 Å². The molecule has 150 valence electrons. The molecule has 1 aliphatic heterocycles. The molecule has 1 fully saturated rings. The fourth-order valence-electron chi connectivity index (χ4n) is 3.36. The molecule has 0 radical (unpaired) electrons. The van der Waals surface area contributed by atoms with Crippen LogP contribution in [-0.2, 0) is 17.9 Å². The van der Waals surface area contributed by atoms with Crippen LogP contribution in [0.15, 0.2) is 36.9 Å². The number of hydrogen-bond donors (Lipinski definition) is 2. The van der Waals surface area contributed by atoms with Crippen molar-refractivity contribution in [1.82, 2.24) is 25.4 Å². The molecule has 2 unspecified atom stereocenters. The second-order valence-electron chi connectivity index (χ2n) is 6.97. The normalized spacial score (nSPS) is 17.3. The number of amides is 1. The molecule has 0 bridgehead atoms. The van der Waals surface area contributed by atoms with Crippen LogP contribution in [0.5, 0.6) is 0 Å². The third kappa shape index (κ3) is 7.48. The minimum absolute atomic E-state index is 0. The quantitative estimate of drug-likeness (QED) is 0.731. The lowest BCUT2D eigenvalue weighted by Gasteiger charge is -2.28. The van der Waals surface area contributed by atoms with Crippen LogP contribution in [0.1, 0.15) is 37.3 Å². The van der Waals surface area contributed by atoms with E-state index in [-0.39, 0.29) is 30.7 Å². The highest BCUT2D eigenvalue weighted by atomic mass is 35.5. The second kappa shape index (κ2) is 12.0. The van der Waals surface area contributed by atoms with Crippen molar-refractivity contribution in [3.63, 3.8) is 0 Å². The Morgan fingerprint density at radius 2 is 2.04 bits per heavy atom. The summed E-state index contributed by atoms with van der Waals surface area (Å²) in [6, 6.07) is 8.25. The number of carbonyl (C=O) groups excluding carboxylic acids is 1. The first-order valence-electron chi connectivity index (χ1n) is 9.08. The molecule has 27 heavy (non-hydrogen) atoms. The number of rotatable bonds is 7. The van der Waals surface area contributed by atoms with Crippen LogP contribution in [-0.4, -0.2) is 33.8 Å². The Balaban J connectivity index is 0.00000182. The Morgan fingerprint density at radius 1 is 1.30 bits per heavy atom. The van der Waals surface area contributed by atoms with Gasteiger partial charge in [-0.1, -0.05) is 31.2 Å². The van der Waals surface area contributed by atoms with Crippen LogP contribution in [0.2, 0.25) is 0 Å². The van der Waals surface area contributed by atoms with Gasteiger partial charge >= 0.3 is 0 Å². The van der Waals surface area contributed by atoms with Gasteiger partial charge in [0, 0.05) is 13.0 Å². The van der Waals surface area contributed by atoms with Crippen molar-refractivity contribution in [2.75, 3.05) is 13.1 Å². The van der Waals surface area contributed by atoms with Crippen LogP contribution >= 0.6 is 24.8 Å². The fourth-order valence-corrected chi connectivity index (χ4v) is 3.36. The zero-order chi connectivity index (χ0) is 17.5. The highest BCUT2D eigenvalue weighted by molar-refractivity contribution is 5.85. The molecule has 2 atom stereocenters. The van der Waals surface area contributed by atoms with E-state index in [1.807, 2.05) is 0 Å². The topological polar surface area (TPSA) is 71.8 Å². The fraction of sp³-hybridized carbons (Fsp3) is 0.526. The average molecular weight is 414 g/mol. The minimum atomic E-state index is 0. The molecule has 1 aromatic heterocycles. The molecule has 1 aliphatic rings. The van der Waals surface area contributed by atoms with Gasteiger partial charge in [0.1, 0.15) is 12.7 Å². The van der Waals surface area contributed by atoms with Gasteiger partial charge in [-0.15, -0.1) is 24.8 Å². The minimum Gasteiger partial charge on any atom is -0.352 e. The first-order chi connectivity index (χ1) is 12.2. The van der Waals surface area contributed by atoms with Crippen molar-refractivity contribution in [2.45, 2.75) is 39.3 Å². The summed E-state index contributed by atoms with van der Waals surface area (Å²) in [6.45, 7) is 5.64. The average Bonchev–Trinajstić information content (AvgIpc) is 3.15. The second-order valence-corrected chi connectivity index (χ2v) is 6.97. The molecular formula is C19H29Cl2N5O. The van der Waals surface area contributed by atoms with E-state index in [1.165, 1.54) is 24.7 Å². The van der Waals surface area contributed by atoms with E-state index in [0.717, 1.165) is 18.7 Å². The van der Waals surface area contributed by atoms with Gasteiger partial charge in [-0.3, -0.25) is 4.79 Å². The molecule has 6 nitrogen and oxygen atoms in total. The highest BCUT2D eigenvalue weighted by Crippen LogP contribution is 2.22. The zero-order valence-electron chi connectivity index (χ0n) is 15.6. The number of benzene rings is 1. The summed E-state index contributed by atoms with van der Waals surface area (Å²) in [4.78, 5) is 16.1. The smallest absolute Gasteiger partial charge is 0.220 e. The van der Waals surface area contributed by atoms with Gasteiger partial charge in [-0.25, -0.2) is 9.67 Å². The summed E-state index contributed by atoms with van der Waals surface area (Å²) in [5.74, 6) is 1.19. The van der Waals surface area contributed by atoms with Crippen LogP contribution in [0.4, 0.5) is 0 Å². The van der Waals surface area contributed by atoms with Crippen LogP contribution in [0.3, 0.4) is 0 Å². The molecule has 2 N–H and O–H groups in total. The van der Waals surface area contributed by atoms with E-state index in [1.54, 1.807) is 11.0 Å². The van der Waals surface area contributed by atoms with E-state index >= 15 is 0 Å². The molecular weight excluding hydrogens is 385 g/mol. The summed E-state index contributed by atoms with van der Waals surface area (Å²) < 4.78 is 1.79. The number of carbonyl (C=O) groups is 1. The summed E-state index contributed by atoms with van der Waals surface area (Å²) in [6.07, 6.45) is 6.30. The van der Waals surface area contributed by atoms with E-state index in [0.29, 0.717) is 31.3 Å². The Kier molecular flexibility index (Phi) is 10.4. The Hall–Kier alpha value is -1.63. The molecule has 8 heteroatoms. The standard InChI is InChI=1S/C19H27N5O.2ClH/c1-15(18-3-2-8-20-11-18)9-19(25)22-10-16-4-6-17(7-5-16)12-24-14-21-13-23-24;;/h4-7,13-15,18,20H,2-3,8-12H2,1H3,(H,22,25);2*1H. The number of nitrogens with zero attached hydrogens (tertiary/aromatic N) is 3. The first kappa shape index (κ1) is 23.4. The molecule has 2 aromatic rings. The maximum atomic E-state index is 12.2. The maximum Gasteiger partial charge on any atom is 0.220 e. The van der Waals surface area contributed by atoms with Crippen molar-refractivity contribution in [1.29, 1.82) is 0 Å². The monoisotopic (exact) mass is 413 g/mol. The number of piperidine rings is 1. The van der Waals surface area contributed by atoms with Crippen molar-refractivity contribution in [3.05, 3.63) is 48.0 Å². The highest BCUT2D eigenvalue weighted by Gasteiger charge is 2.21. The summed E-state index contributed by atoms with van der Waals surface area (Å²) in [5.41, 5.74) is 2.28. The van der Waals surface area contributed by atoms with Crippen LogP contribution in [0.25, 0.3) is 0 Å². The Morgan fingerprint density at radius 3 is 2.67 bits per heavy atom. The summed E-state index contributed by atoms with van der Waals surface area (Å²) >= 11 is 0. The lowest BCUT2D eigenvalue weighted by molar-refractivity contribution is -0.122. The maximum absolute atomic E-state index is 12.2. The van der Waals surface area contributed by atoms with Gasteiger partial charge in [0.25, 0.3) is 0 Å². The van der Waals surface area contributed by atoms with Gasteiger partial charge < -0.3 is 10.6 Å². The molecule has 0 saturated carbocycles. The molecule has 0 spiro atoms. The van der Waals surface area contributed by atoms with E-state index in [4.69, 9.17) is 0 Å². The Labute approximate surface area is 173 Å². The first-order valence-corrected chi connectivity index (χ1v) is 9.08. The lowest BCUT2D eigenvalue weighted by Crippen LogP contribution is -2.35. The third-order valence-corrected chi connectivity index (χ3v) is 4.97. The molecule has 2 heterocycles. The van der Waals surface area contributed by atoms with Crippen LogP contribution in [0, 0.1) is 11.8 Å². The molecule has 1 amide bonds. The number of halogens is 2. The van der Waals surface area contributed by atoms with Gasteiger partial charge in [-0.05, 0) is 48.9 Å². The van der Waals surface area contributed by atoms with E-state index in [9.17, 15) is 4.79 Å². The number of aromatic nitrogens is 3. The lowest BCUT2D eigenvalue weighted by atomic mass is 9.85. The molecule has 1 saturated heterocycles. The van der Waals surface area contributed by atoms with E-state index < -0.39 is 0 Å². The van der Waals surface area contributed by atoms with E-state index in [2.05, 4.69) is 51.9 Å². The summed E-state index contributed by atoms with van der Waals surface area (Å²) in [5, 5.41) is 10.6. The van der Waals surface area contributed by atoms with Gasteiger partial charge in [0.2, 0.25) is 5.91 Å².